The van der Waals surface area contributed by atoms with E-state index in [0.29, 0.717) is 12.2 Å². The quantitative estimate of drug-likeness (QED) is 0.939. The molecule has 0 saturated heterocycles. The molecule has 2 heterocycles. The minimum absolute atomic E-state index is 0.148. The molecule has 0 radical (unpaired) electrons. The first-order valence-corrected chi connectivity index (χ1v) is 7.64. The Labute approximate surface area is 127 Å². The van der Waals surface area contributed by atoms with Gasteiger partial charge >= 0.3 is 0 Å². The van der Waals surface area contributed by atoms with Crippen LogP contribution in [0.1, 0.15) is 39.7 Å². The number of hydrogen-bond acceptors (Lipinski definition) is 4. The van der Waals surface area contributed by atoms with Crippen molar-refractivity contribution in [1.82, 2.24) is 14.9 Å². The maximum Gasteiger partial charge on any atom is 0.268 e. The van der Waals surface area contributed by atoms with Crippen LogP contribution in [-0.4, -0.2) is 22.0 Å². The van der Waals surface area contributed by atoms with Gasteiger partial charge in [0.25, 0.3) is 5.91 Å². The van der Waals surface area contributed by atoms with Crippen molar-refractivity contribution in [2.24, 2.45) is 7.05 Å². The number of nitrogens with one attached hydrogen (secondary N) is 1. The van der Waals surface area contributed by atoms with Crippen LogP contribution < -0.4 is 10.7 Å². The molecule has 112 valence electrons. The van der Waals surface area contributed by atoms with Crippen LogP contribution >= 0.6 is 11.3 Å². The van der Waals surface area contributed by atoms with Gasteiger partial charge in [-0.15, -0.1) is 11.3 Å². The molecule has 2 aromatic rings. The van der Waals surface area contributed by atoms with Crippen molar-refractivity contribution in [1.29, 1.82) is 0 Å². The fraction of sp³-hybridized carbons (Fsp3) is 0.400. The van der Waals surface area contributed by atoms with Crippen LogP contribution in [-0.2, 0) is 7.05 Å². The van der Waals surface area contributed by atoms with Gasteiger partial charge in [-0.05, 0) is 13.8 Å². The molecule has 0 aliphatic carbocycles. The van der Waals surface area contributed by atoms with Gasteiger partial charge in [0.15, 0.2) is 5.43 Å². The van der Waals surface area contributed by atoms with Gasteiger partial charge < -0.3 is 9.88 Å². The van der Waals surface area contributed by atoms with Gasteiger partial charge in [-0.1, -0.05) is 6.92 Å². The molecule has 0 bridgehead atoms. The first-order valence-electron chi connectivity index (χ1n) is 6.76. The Hall–Kier alpha value is -1.95. The lowest BCUT2D eigenvalue weighted by molar-refractivity contribution is 0.0942. The zero-order chi connectivity index (χ0) is 15.6. The predicted molar refractivity (Wildman–Crippen MR) is 84.0 cm³/mol. The van der Waals surface area contributed by atoms with Crippen molar-refractivity contribution < 1.29 is 4.79 Å². The second-order valence-electron chi connectivity index (χ2n) is 5.21. The molecule has 0 unspecified atom stereocenters. The van der Waals surface area contributed by atoms with E-state index >= 15 is 0 Å². The zero-order valence-corrected chi connectivity index (χ0v) is 13.5. The number of carbonyl (C=O) groups excluding carboxylic acids is 1. The fourth-order valence-corrected chi connectivity index (χ4v) is 2.86. The van der Waals surface area contributed by atoms with E-state index in [1.54, 1.807) is 29.9 Å². The smallest absolute Gasteiger partial charge is 0.268 e. The van der Waals surface area contributed by atoms with Gasteiger partial charge in [-0.25, -0.2) is 4.98 Å². The van der Waals surface area contributed by atoms with E-state index in [1.807, 2.05) is 19.2 Å². The Morgan fingerprint density at radius 1 is 1.43 bits per heavy atom. The van der Waals surface area contributed by atoms with Gasteiger partial charge in [0, 0.05) is 48.4 Å². The average molecular weight is 305 g/mol. The topological polar surface area (TPSA) is 64.0 Å². The van der Waals surface area contributed by atoms with E-state index in [1.165, 1.54) is 12.1 Å². The molecule has 21 heavy (non-hydrogen) atoms. The molecule has 6 heteroatoms. The number of carbonyl (C=O) groups is 1. The number of nitrogens with zero attached hydrogens (tertiary/aromatic N) is 2. The molecular weight excluding hydrogens is 286 g/mol. The van der Waals surface area contributed by atoms with Crippen LogP contribution in [0.25, 0.3) is 0 Å². The summed E-state index contributed by atoms with van der Waals surface area (Å²) in [7, 11) is 1.78. The first-order chi connectivity index (χ1) is 9.88. The fourth-order valence-electron chi connectivity index (χ4n) is 2.01. The first kappa shape index (κ1) is 15.4. The maximum absolute atomic E-state index is 12.2. The molecule has 2 rings (SSSR count). The molecule has 1 N–H and O–H groups in total. The van der Waals surface area contributed by atoms with Crippen LogP contribution in [0.4, 0.5) is 0 Å². The van der Waals surface area contributed by atoms with Crippen molar-refractivity contribution in [2.45, 2.75) is 26.7 Å². The second kappa shape index (κ2) is 6.22. The Morgan fingerprint density at radius 3 is 2.76 bits per heavy atom. The zero-order valence-electron chi connectivity index (χ0n) is 12.6. The van der Waals surface area contributed by atoms with Crippen LogP contribution in [0, 0.1) is 13.8 Å². The molecule has 0 spiro atoms. The number of aromatic nitrogens is 2. The largest absolute Gasteiger partial charge is 0.350 e. The van der Waals surface area contributed by atoms with Gasteiger partial charge in [0.1, 0.15) is 5.69 Å². The Bertz CT molecular complexity index is 718. The Morgan fingerprint density at radius 2 is 2.14 bits per heavy atom. The summed E-state index contributed by atoms with van der Waals surface area (Å²) in [6, 6.07) is 2.87. The van der Waals surface area contributed by atoms with Crippen LogP contribution in [0.3, 0.4) is 0 Å². The minimum atomic E-state index is -0.238. The van der Waals surface area contributed by atoms with Gasteiger partial charge in [0.05, 0.1) is 5.01 Å². The monoisotopic (exact) mass is 305 g/mol. The average Bonchev–Trinajstić information content (AvgIpc) is 2.86. The summed E-state index contributed by atoms with van der Waals surface area (Å²) >= 11 is 1.60. The summed E-state index contributed by atoms with van der Waals surface area (Å²) in [6.45, 7) is 6.27. The lowest BCUT2D eigenvalue weighted by Gasteiger charge is -2.13. The SMILES string of the molecule is Cc1csc([C@@H](C)CNC(=O)c2cc(=O)cc(C)n2C)n1. The number of rotatable bonds is 4. The van der Waals surface area contributed by atoms with E-state index < -0.39 is 0 Å². The highest BCUT2D eigenvalue weighted by Crippen LogP contribution is 2.18. The number of hydrogen-bond donors (Lipinski definition) is 1. The second-order valence-corrected chi connectivity index (χ2v) is 6.10. The molecule has 5 nitrogen and oxygen atoms in total. The van der Waals surface area contributed by atoms with Crippen LogP contribution in [0.15, 0.2) is 22.3 Å². The summed E-state index contributed by atoms with van der Waals surface area (Å²) < 4.78 is 1.72. The highest BCUT2D eigenvalue weighted by Gasteiger charge is 2.14. The Balaban J connectivity index is 2.07. The molecule has 1 amide bonds. The number of aryl methyl sites for hydroxylation is 2. The highest BCUT2D eigenvalue weighted by atomic mass is 32.1. The van der Waals surface area contributed by atoms with Crippen molar-refractivity contribution >= 4 is 17.2 Å². The molecule has 2 aromatic heterocycles. The van der Waals surface area contributed by atoms with E-state index in [2.05, 4.69) is 10.3 Å². The third-order valence-electron chi connectivity index (χ3n) is 3.38. The van der Waals surface area contributed by atoms with Crippen molar-refractivity contribution in [3.63, 3.8) is 0 Å². The lowest BCUT2D eigenvalue weighted by atomic mass is 10.2. The van der Waals surface area contributed by atoms with Gasteiger partial charge in [0.2, 0.25) is 0 Å². The summed E-state index contributed by atoms with van der Waals surface area (Å²) in [6.07, 6.45) is 0. The lowest BCUT2D eigenvalue weighted by Crippen LogP contribution is -2.31. The van der Waals surface area contributed by atoms with Crippen molar-refractivity contribution in [2.75, 3.05) is 6.54 Å². The Kier molecular flexibility index (Phi) is 4.57. The van der Waals surface area contributed by atoms with Crippen molar-refractivity contribution in [3.8, 4) is 0 Å². The number of pyridine rings is 1. The van der Waals surface area contributed by atoms with E-state index in [0.717, 1.165) is 16.4 Å². The van der Waals surface area contributed by atoms with E-state index in [-0.39, 0.29) is 17.3 Å². The molecule has 0 aromatic carbocycles. The van der Waals surface area contributed by atoms with Gasteiger partial charge in [-0.3, -0.25) is 9.59 Å². The summed E-state index contributed by atoms with van der Waals surface area (Å²) in [4.78, 5) is 28.2. The minimum Gasteiger partial charge on any atom is -0.350 e. The third kappa shape index (κ3) is 3.58. The molecule has 0 saturated carbocycles. The number of thiazole rings is 1. The predicted octanol–water partition coefficient (Wildman–Crippen LogP) is 1.99. The molecule has 0 aliphatic rings. The van der Waals surface area contributed by atoms with E-state index in [4.69, 9.17) is 0 Å². The third-order valence-corrected chi connectivity index (χ3v) is 4.57. The highest BCUT2D eigenvalue weighted by molar-refractivity contribution is 7.09. The molecular formula is C15H19N3O2S. The standard InChI is InChI=1S/C15H19N3O2S/c1-9(15-17-10(2)8-21-15)7-16-14(20)13-6-12(19)5-11(3)18(13)4/h5-6,8-9H,7H2,1-4H3,(H,16,20)/t9-/m0/s1. The molecule has 0 fully saturated rings. The molecule has 0 aliphatic heterocycles. The van der Waals surface area contributed by atoms with E-state index in [9.17, 15) is 9.59 Å². The molecule has 1 atom stereocenters. The summed E-state index contributed by atoms with van der Waals surface area (Å²) in [5.74, 6) is -0.0899. The van der Waals surface area contributed by atoms with Crippen LogP contribution in [0.2, 0.25) is 0 Å². The van der Waals surface area contributed by atoms with Crippen LogP contribution in [0.5, 0.6) is 0 Å². The summed E-state index contributed by atoms with van der Waals surface area (Å²) in [5.41, 5.74) is 1.98. The van der Waals surface area contributed by atoms with Crippen molar-refractivity contribution in [3.05, 3.63) is 49.8 Å². The normalized spacial score (nSPS) is 12.2. The maximum atomic E-state index is 12.2. The van der Waals surface area contributed by atoms with Gasteiger partial charge in [-0.2, -0.15) is 0 Å². The summed E-state index contributed by atoms with van der Waals surface area (Å²) in [5, 5.41) is 5.87. The number of amides is 1.